The summed E-state index contributed by atoms with van der Waals surface area (Å²) in [6, 6.07) is 11.7. The lowest BCUT2D eigenvalue weighted by molar-refractivity contribution is -0.140. The van der Waals surface area contributed by atoms with E-state index in [-0.39, 0.29) is 12.5 Å². The summed E-state index contributed by atoms with van der Waals surface area (Å²) in [5, 5.41) is 3.17. The lowest BCUT2D eigenvalue weighted by Gasteiger charge is -2.07. The molecule has 4 aromatic heterocycles. The first-order valence-corrected chi connectivity index (χ1v) is 8.49. The van der Waals surface area contributed by atoms with E-state index in [4.69, 9.17) is 14.7 Å². The van der Waals surface area contributed by atoms with Gasteiger partial charge in [-0.2, -0.15) is 0 Å². The van der Waals surface area contributed by atoms with Crippen molar-refractivity contribution in [3.8, 4) is 11.4 Å². The van der Waals surface area contributed by atoms with Gasteiger partial charge in [-0.25, -0.2) is 9.97 Å². The minimum absolute atomic E-state index is 0.0638. The number of carbonyl (C=O) groups is 1. The smallest absolute Gasteiger partial charge is 0.325 e. The lowest BCUT2D eigenvalue weighted by Crippen LogP contribution is -2.17. The summed E-state index contributed by atoms with van der Waals surface area (Å²) < 4.78 is 8.96. The van der Waals surface area contributed by atoms with Gasteiger partial charge in [0, 0.05) is 12.4 Å². The Labute approximate surface area is 150 Å². The molecule has 7 nitrogen and oxygen atoms in total. The molecular formula is C19H19N5O2. The Balaban J connectivity index is 1.86. The number of hydrogen-bond acceptors (Lipinski definition) is 5. The number of anilines is 1. The minimum Gasteiger partial charge on any atom is -0.465 e. The highest BCUT2D eigenvalue weighted by atomic mass is 16.5. The second-order valence-corrected chi connectivity index (χ2v) is 5.86. The molecule has 0 aromatic carbocycles. The van der Waals surface area contributed by atoms with Crippen LogP contribution in [0.2, 0.25) is 0 Å². The Kier molecular flexibility index (Phi) is 4.04. The molecule has 0 radical (unpaired) electrons. The van der Waals surface area contributed by atoms with Crippen LogP contribution in [0, 0.1) is 6.92 Å². The van der Waals surface area contributed by atoms with Crippen LogP contribution in [0.1, 0.15) is 12.7 Å². The molecule has 0 aliphatic carbocycles. The van der Waals surface area contributed by atoms with Crippen LogP contribution in [-0.4, -0.2) is 37.9 Å². The molecule has 0 fully saturated rings. The zero-order valence-electron chi connectivity index (χ0n) is 14.6. The number of aryl methyl sites for hydroxylation is 1. The topological polar surface area (TPSA) is 72.9 Å². The molecule has 132 valence electrons. The van der Waals surface area contributed by atoms with E-state index < -0.39 is 0 Å². The van der Waals surface area contributed by atoms with Crippen LogP contribution in [0.3, 0.4) is 0 Å². The van der Waals surface area contributed by atoms with Crippen molar-refractivity contribution in [1.29, 1.82) is 0 Å². The van der Waals surface area contributed by atoms with Crippen molar-refractivity contribution in [1.82, 2.24) is 18.8 Å². The van der Waals surface area contributed by atoms with Crippen molar-refractivity contribution in [3.05, 3.63) is 54.6 Å². The monoisotopic (exact) mass is 349 g/mol. The number of esters is 1. The fourth-order valence-electron chi connectivity index (χ4n) is 3.06. The average molecular weight is 349 g/mol. The number of carbonyl (C=O) groups excluding carboxylic acids is 1. The molecule has 7 heteroatoms. The van der Waals surface area contributed by atoms with Gasteiger partial charge in [0.15, 0.2) is 0 Å². The van der Waals surface area contributed by atoms with Crippen LogP contribution in [0.25, 0.3) is 22.6 Å². The molecule has 0 amide bonds. The van der Waals surface area contributed by atoms with E-state index in [1.54, 1.807) is 6.92 Å². The van der Waals surface area contributed by atoms with Gasteiger partial charge in [0.05, 0.1) is 12.1 Å². The average Bonchev–Trinajstić information content (AvgIpc) is 3.18. The lowest BCUT2D eigenvalue weighted by atomic mass is 10.2. The van der Waals surface area contributed by atoms with Gasteiger partial charge < -0.3 is 14.5 Å². The molecule has 0 aliphatic rings. The van der Waals surface area contributed by atoms with Crippen molar-refractivity contribution in [3.63, 3.8) is 0 Å². The SMILES string of the molecule is CCOC(=O)CNc1c(-c2nc(C)n3ccccc23)nc2ccccn12. The molecule has 0 aliphatic heterocycles. The second kappa shape index (κ2) is 6.51. The largest absolute Gasteiger partial charge is 0.465 e. The number of rotatable bonds is 5. The van der Waals surface area contributed by atoms with Gasteiger partial charge in [-0.1, -0.05) is 12.1 Å². The van der Waals surface area contributed by atoms with Gasteiger partial charge in [-0.3, -0.25) is 9.20 Å². The summed E-state index contributed by atoms with van der Waals surface area (Å²) in [6.45, 7) is 4.16. The predicted molar refractivity (Wildman–Crippen MR) is 99.2 cm³/mol. The number of pyridine rings is 2. The van der Waals surface area contributed by atoms with Crippen LogP contribution in [0.5, 0.6) is 0 Å². The highest BCUT2D eigenvalue weighted by Gasteiger charge is 2.20. The maximum Gasteiger partial charge on any atom is 0.325 e. The molecule has 0 saturated carbocycles. The van der Waals surface area contributed by atoms with Crippen LogP contribution < -0.4 is 5.32 Å². The minimum atomic E-state index is -0.310. The van der Waals surface area contributed by atoms with Crippen LogP contribution in [0.4, 0.5) is 5.82 Å². The normalized spacial score (nSPS) is 11.2. The Morgan fingerprint density at radius 1 is 1.08 bits per heavy atom. The molecule has 4 aromatic rings. The Morgan fingerprint density at radius 2 is 1.85 bits per heavy atom. The van der Waals surface area contributed by atoms with Crippen molar-refractivity contribution < 1.29 is 9.53 Å². The highest BCUT2D eigenvalue weighted by Crippen LogP contribution is 2.31. The molecule has 1 N–H and O–H groups in total. The third kappa shape index (κ3) is 2.67. The molecular weight excluding hydrogens is 330 g/mol. The molecule has 0 saturated heterocycles. The predicted octanol–water partition coefficient (Wildman–Crippen LogP) is 2.93. The molecule has 26 heavy (non-hydrogen) atoms. The number of imidazole rings is 2. The maximum atomic E-state index is 11.8. The number of hydrogen-bond donors (Lipinski definition) is 1. The third-order valence-corrected chi connectivity index (χ3v) is 4.18. The van der Waals surface area contributed by atoms with Crippen molar-refractivity contribution in [2.45, 2.75) is 13.8 Å². The quantitative estimate of drug-likeness (QED) is 0.561. The fraction of sp³-hybridized carbons (Fsp3) is 0.211. The van der Waals surface area contributed by atoms with E-state index in [0.29, 0.717) is 12.3 Å². The summed E-state index contributed by atoms with van der Waals surface area (Å²) in [4.78, 5) is 21.3. The molecule has 0 spiro atoms. The van der Waals surface area contributed by atoms with Crippen molar-refractivity contribution in [2.24, 2.45) is 0 Å². The van der Waals surface area contributed by atoms with Gasteiger partial charge in [-0.15, -0.1) is 0 Å². The zero-order chi connectivity index (χ0) is 18.1. The van der Waals surface area contributed by atoms with Gasteiger partial charge in [-0.05, 0) is 38.1 Å². The second-order valence-electron chi connectivity index (χ2n) is 5.86. The number of nitrogens with one attached hydrogen (secondary N) is 1. The summed E-state index contributed by atoms with van der Waals surface area (Å²) in [6.07, 6.45) is 3.88. The summed E-state index contributed by atoms with van der Waals surface area (Å²) in [5.74, 6) is 1.29. The summed E-state index contributed by atoms with van der Waals surface area (Å²) >= 11 is 0. The third-order valence-electron chi connectivity index (χ3n) is 4.18. The van der Waals surface area contributed by atoms with Crippen LogP contribution >= 0.6 is 0 Å². The molecule has 0 atom stereocenters. The number of fused-ring (bicyclic) bond motifs is 2. The summed E-state index contributed by atoms with van der Waals surface area (Å²) in [5.41, 5.74) is 3.23. The number of aromatic nitrogens is 4. The van der Waals surface area contributed by atoms with E-state index in [1.807, 2.05) is 64.5 Å². The van der Waals surface area contributed by atoms with Crippen LogP contribution in [-0.2, 0) is 9.53 Å². The van der Waals surface area contributed by atoms with Crippen molar-refractivity contribution >= 4 is 23.0 Å². The fourth-order valence-corrected chi connectivity index (χ4v) is 3.06. The Hall–Kier alpha value is -3.35. The maximum absolute atomic E-state index is 11.8. The first-order valence-electron chi connectivity index (χ1n) is 8.49. The van der Waals surface area contributed by atoms with E-state index in [1.165, 1.54) is 0 Å². The highest BCUT2D eigenvalue weighted by molar-refractivity contribution is 5.86. The first-order chi connectivity index (χ1) is 12.7. The number of nitrogens with zero attached hydrogens (tertiary/aromatic N) is 4. The first kappa shape index (κ1) is 16.1. The van der Waals surface area contributed by atoms with Gasteiger partial charge in [0.25, 0.3) is 0 Å². The van der Waals surface area contributed by atoms with E-state index in [9.17, 15) is 4.79 Å². The van der Waals surface area contributed by atoms with Crippen molar-refractivity contribution in [2.75, 3.05) is 18.5 Å². The summed E-state index contributed by atoms with van der Waals surface area (Å²) in [7, 11) is 0. The molecule has 0 bridgehead atoms. The van der Waals surface area contributed by atoms with Gasteiger partial charge in [0.1, 0.15) is 35.2 Å². The molecule has 0 unspecified atom stereocenters. The zero-order valence-corrected chi connectivity index (χ0v) is 14.6. The molecule has 4 heterocycles. The standard InChI is InChI=1S/C19H19N5O2/c1-3-26-16(25)12-20-19-18(22-15-9-5-7-11-24(15)19)17-14-8-4-6-10-23(14)13(2)21-17/h4-11,20H,3,12H2,1-2H3. The van der Waals surface area contributed by atoms with Crippen LogP contribution in [0.15, 0.2) is 48.8 Å². The molecule has 4 rings (SSSR count). The van der Waals surface area contributed by atoms with Gasteiger partial charge in [0.2, 0.25) is 0 Å². The number of ether oxygens (including phenoxy) is 1. The van der Waals surface area contributed by atoms with E-state index in [0.717, 1.165) is 28.5 Å². The van der Waals surface area contributed by atoms with Gasteiger partial charge >= 0.3 is 5.97 Å². The Morgan fingerprint density at radius 3 is 2.65 bits per heavy atom. The van der Waals surface area contributed by atoms with E-state index in [2.05, 4.69) is 5.32 Å². The Bertz CT molecular complexity index is 1100. The van der Waals surface area contributed by atoms with E-state index >= 15 is 0 Å².